The normalized spacial score (nSPS) is 14.4. The lowest BCUT2D eigenvalue weighted by atomic mass is 9.95. The molecule has 5 heteroatoms. The van der Waals surface area contributed by atoms with Gasteiger partial charge in [-0.2, -0.15) is 0 Å². The number of fused-ring (bicyclic) bond motifs is 1. The molecule has 0 atom stereocenters. The molecule has 0 aliphatic carbocycles. The lowest BCUT2D eigenvalue weighted by Gasteiger charge is -2.31. The molecule has 0 N–H and O–H groups in total. The minimum absolute atomic E-state index is 0.0890. The molecule has 0 spiro atoms. The summed E-state index contributed by atoms with van der Waals surface area (Å²) < 4.78 is 11.3. The summed E-state index contributed by atoms with van der Waals surface area (Å²) >= 11 is 0. The molecule has 1 saturated heterocycles. The van der Waals surface area contributed by atoms with Crippen molar-refractivity contribution in [3.63, 3.8) is 0 Å². The van der Waals surface area contributed by atoms with Crippen LogP contribution >= 0.6 is 0 Å². The van der Waals surface area contributed by atoms with Crippen LogP contribution in [0.25, 0.3) is 11.0 Å². The number of benzene rings is 2. The highest BCUT2D eigenvalue weighted by Crippen LogP contribution is 2.29. The van der Waals surface area contributed by atoms with Crippen LogP contribution in [-0.2, 0) is 22.5 Å². The first-order chi connectivity index (χ1) is 14.9. The van der Waals surface area contributed by atoms with Crippen molar-refractivity contribution >= 4 is 22.6 Å². The smallest absolute Gasteiger partial charge is 0.227 e. The first-order valence-electron chi connectivity index (χ1n) is 11.1. The number of anilines is 1. The highest BCUT2D eigenvalue weighted by Gasteiger charge is 2.19. The highest BCUT2D eigenvalue weighted by molar-refractivity contribution is 5.88. The summed E-state index contributed by atoms with van der Waals surface area (Å²) in [5.74, 6) is 0.522. The van der Waals surface area contributed by atoms with Gasteiger partial charge in [-0.15, -0.1) is 0 Å². The van der Waals surface area contributed by atoms with E-state index in [4.69, 9.17) is 9.15 Å². The lowest BCUT2D eigenvalue weighted by molar-refractivity contribution is -0.129. The van der Waals surface area contributed by atoms with Gasteiger partial charge in [0.15, 0.2) is 0 Å². The fraction of sp³-hybridized carbons (Fsp3) is 0.423. The van der Waals surface area contributed by atoms with Crippen molar-refractivity contribution in [3.05, 3.63) is 64.9 Å². The molecular weight excluding hydrogens is 388 g/mol. The Bertz CT molecular complexity index is 1060. The Morgan fingerprint density at radius 3 is 2.61 bits per heavy atom. The van der Waals surface area contributed by atoms with Crippen LogP contribution in [0.2, 0.25) is 0 Å². The zero-order chi connectivity index (χ0) is 22.0. The Morgan fingerprint density at radius 2 is 1.87 bits per heavy atom. The fourth-order valence-electron chi connectivity index (χ4n) is 4.40. The van der Waals surface area contributed by atoms with E-state index in [2.05, 4.69) is 56.0 Å². The molecule has 5 nitrogen and oxygen atoms in total. The van der Waals surface area contributed by atoms with Crippen LogP contribution in [0.4, 0.5) is 5.69 Å². The number of para-hydroxylation sites is 1. The van der Waals surface area contributed by atoms with Gasteiger partial charge in [-0.05, 0) is 47.7 Å². The number of carbonyl (C=O) groups is 1. The van der Waals surface area contributed by atoms with E-state index in [1.807, 2.05) is 18.0 Å². The minimum atomic E-state index is 0.0890. The standard InChI is InChI=1S/C26H32N2O3/c1-18(2)22-15-23-21(17-31-25(23)13-19(22)3)14-26(29)27(4)16-20-7-5-6-8-24(20)28-9-11-30-12-10-28/h5-8,13,15,17-18H,9-12,14,16H2,1-4H3. The summed E-state index contributed by atoms with van der Waals surface area (Å²) in [6.07, 6.45) is 2.07. The molecule has 1 amide bonds. The third kappa shape index (κ3) is 4.62. The first-order valence-corrected chi connectivity index (χ1v) is 11.1. The van der Waals surface area contributed by atoms with Crippen molar-refractivity contribution in [2.24, 2.45) is 0 Å². The Hall–Kier alpha value is -2.79. The fourth-order valence-corrected chi connectivity index (χ4v) is 4.40. The Balaban J connectivity index is 1.50. The molecule has 1 aromatic heterocycles. The number of amides is 1. The third-order valence-corrected chi connectivity index (χ3v) is 6.18. The highest BCUT2D eigenvalue weighted by atomic mass is 16.5. The van der Waals surface area contributed by atoms with Gasteiger partial charge in [0.25, 0.3) is 0 Å². The topological polar surface area (TPSA) is 45.9 Å². The second-order valence-electron chi connectivity index (χ2n) is 8.78. The summed E-state index contributed by atoms with van der Waals surface area (Å²) in [4.78, 5) is 17.2. The first kappa shape index (κ1) is 21.4. The van der Waals surface area contributed by atoms with Crippen LogP contribution in [0, 0.1) is 6.92 Å². The van der Waals surface area contributed by atoms with Crippen molar-refractivity contribution in [1.29, 1.82) is 0 Å². The van der Waals surface area contributed by atoms with Crippen molar-refractivity contribution in [2.75, 3.05) is 38.3 Å². The summed E-state index contributed by atoms with van der Waals surface area (Å²) in [6.45, 7) is 10.3. The monoisotopic (exact) mass is 420 g/mol. The number of morpholine rings is 1. The molecule has 1 aliphatic rings. The lowest BCUT2D eigenvalue weighted by Crippen LogP contribution is -2.37. The van der Waals surface area contributed by atoms with E-state index in [0.717, 1.165) is 48.4 Å². The van der Waals surface area contributed by atoms with Gasteiger partial charge < -0.3 is 19.0 Å². The Labute approximate surface area is 184 Å². The number of aryl methyl sites for hydroxylation is 1. The number of hydrogen-bond donors (Lipinski definition) is 0. The van der Waals surface area contributed by atoms with Gasteiger partial charge in [0.1, 0.15) is 5.58 Å². The van der Waals surface area contributed by atoms with Gasteiger partial charge in [-0.1, -0.05) is 32.0 Å². The molecule has 2 heterocycles. The number of furan rings is 1. The molecule has 1 fully saturated rings. The van der Waals surface area contributed by atoms with Crippen molar-refractivity contribution in [1.82, 2.24) is 4.90 Å². The third-order valence-electron chi connectivity index (χ3n) is 6.18. The average molecular weight is 421 g/mol. The van der Waals surface area contributed by atoms with Crippen LogP contribution < -0.4 is 4.90 Å². The quantitative estimate of drug-likeness (QED) is 0.569. The number of nitrogens with zero attached hydrogens (tertiary/aromatic N) is 2. The second-order valence-corrected chi connectivity index (χ2v) is 8.78. The zero-order valence-corrected chi connectivity index (χ0v) is 19.0. The predicted molar refractivity (Wildman–Crippen MR) is 125 cm³/mol. The van der Waals surface area contributed by atoms with Crippen molar-refractivity contribution in [2.45, 2.75) is 39.7 Å². The van der Waals surface area contributed by atoms with Crippen LogP contribution in [0.3, 0.4) is 0 Å². The maximum Gasteiger partial charge on any atom is 0.227 e. The van der Waals surface area contributed by atoms with E-state index < -0.39 is 0 Å². The molecule has 0 radical (unpaired) electrons. The van der Waals surface area contributed by atoms with E-state index >= 15 is 0 Å². The summed E-state index contributed by atoms with van der Waals surface area (Å²) in [6, 6.07) is 12.6. The number of rotatable bonds is 6. The van der Waals surface area contributed by atoms with Gasteiger partial charge in [0.05, 0.1) is 25.9 Å². The maximum atomic E-state index is 13.1. The summed E-state index contributed by atoms with van der Waals surface area (Å²) in [7, 11) is 1.88. The number of likely N-dealkylation sites (N-methyl/N-ethyl adjacent to an activating group) is 1. The van der Waals surface area contributed by atoms with Gasteiger partial charge in [-0.25, -0.2) is 0 Å². The number of carbonyl (C=O) groups excluding carboxylic acids is 1. The predicted octanol–water partition coefficient (Wildman–Crippen LogP) is 4.90. The zero-order valence-electron chi connectivity index (χ0n) is 19.0. The van der Waals surface area contributed by atoms with Crippen LogP contribution in [0.15, 0.2) is 47.1 Å². The van der Waals surface area contributed by atoms with Crippen LogP contribution in [0.5, 0.6) is 0 Å². The van der Waals surface area contributed by atoms with E-state index in [-0.39, 0.29) is 5.91 Å². The summed E-state index contributed by atoms with van der Waals surface area (Å²) in [5.41, 5.74) is 6.69. The second kappa shape index (κ2) is 9.15. The van der Waals surface area contributed by atoms with Gasteiger partial charge in [-0.3, -0.25) is 4.79 Å². The molecule has 164 valence electrons. The van der Waals surface area contributed by atoms with Crippen molar-refractivity contribution in [3.8, 4) is 0 Å². The number of ether oxygens (including phenoxy) is 1. The van der Waals surface area contributed by atoms with Gasteiger partial charge in [0, 0.05) is 43.3 Å². The van der Waals surface area contributed by atoms with Crippen LogP contribution in [0.1, 0.15) is 42.0 Å². The van der Waals surface area contributed by atoms with Gasteiger partial charge >= 0.3 is 0 Å². The van der Waals surface area contributed by atoms with E-state index in [0.29, 0.717) is 18.9 Å². The molecule has 1 aliphatic heterocycles. The van der Waals surface area contributed by atoms with E-state index in [1.165, 1.54) is 16.8 Å². The minimum Gasteiger partial charge on any atom is -0.464 e. The van der Waals surface area contributed by atoms with Gasteiger partial charge in [0.2, 0.25) is 5.91 Å². The molecular formula is C26H32N2O3. The molecule has 31 heavy (non-hydrogen) atoms. The molecule has 0 bridgehead atoms. The number of hydrogen-bond acceptors (Lipinski definition) is 4. The molecule has 2 aromatic carbocycles. The SMILES string of the molecule is Cc1cc2occ(CC(=O)N(C)Cc3ccccc3N3CCOCC3)c2cc1C(C)C. The Morgan fingerprint density at radius 1 is 1.13 bits per heavy atom. The molecule has 4 rings (SSSR count). The van der Waals surface area contributed by atoms with Crippen LogP contribution in [-0.4, -0.2) is 44.2 Å². The Kier molecular flexibility index (Phi) is 6.33. The summed E-state index contributed by atoms with van der Waals surface area (Å²) in [5, 5.41) is 1.05. The maximum absolute atomic E-state index is 13.1. The molecule has 0 saturated carbocycles. The van der Waals surface area contributed by atoms with E-state index in [9.17, 15) is 4.79 Å². The van der Waals surface area contributed by atoms with E-state index in [1.54, 1.807) is 6.26 Å². The van der Waals surface area contributed by atoms with Crippen molar-refractivity contribution < 1.29 is 13.9 Å². The largest absolute Gasteiger partial charge is 0.464 e. The molecule has 3 aromatic rings. The molecule has 0 unspecified atom stereocenters. The average Bonchev–Trinajstić information content (AvgIpc) is 3.15.